The molecule has 3 rings (SSSR count). The van der Waals surface area contributed by atoms with Crippen LogP contribution in [0.5, 0.6) is 11.5 Å². The van der Waals surface area contributed by atoms with Crippen molar-refractivity contribution in [1.29, 1.82) is 0 Å². The van der Waals surface area contributed by atoms with Crippen molar-refractivity contribution < 1.29 is 14.3 Å². The highest BCUT2D eigenvalue weighted by atomic mass is 35.5. The number of ether oxygens (including phenoxy) is 2. The van der Waals surface area contributed by atoms with E-state index in [-0.39, 0.29) is 5.91 Å². The number of hydrogen-bond donors (Lipinski definition) is 0. The summed E-state index contributed by atoms with van der Waals surface area (Å²) in [5.74, 6) is 1.22. The van der Waals surface area contributed by atoms with Gasteiger partial charge in [0.1, 0.15) is 17.2 Å². The third-order valence-corrected chi connectivity index (χ3v) is 5.18. The molecule has 0 aliphatic carbocycles. The maximum absolute atomic E-state index is 12.8. The number of halogens is 1. The second-order valence-corrected chi connectivity index (χ2v) is 6.84. The standard InChI is InChI=1S/C19H18ClN3O3S/c1-4-23-18(24)16(11-12-10-13(25-2)7-8-15(12)26-3)27-19(23)22-14-6-5-9-21-17(14)20/h5-11H,4H2,1-3H3/b16-11-,22-19?. The van der Waals surface area contributed by atoms with Crippen molar-refractivity contribution >= 4 is 46.2 Å². The molecule has 8 heteroatoms. The fraction of sp³-hybridized carbons (Fsp3) is 0.211. The van der Waals surface area contributed by atoms with E-state index in [0.29, 0.717) is 39.0 Å². The van der Waals surface area contributed by atoms with Crippen LogP contribution in [-0.4, -0.2) is 41.7 Å². The van der Waals surface area contributed by atoms with Crippen molar-refractivity contribution in [1.82, 2.24) is 9.88 Å². The molecule has 0 spiro atoms. The number of thioether (sulfide) groups is 1. The number of rotatable bonds is 5. The third kappa shape index (κ3) is 4.09. The van der Waals surface area contributed by atoms with Gasteiger partial charge < -0.3 is 9.47 Å². The zero-order valence-corrected chi connectivity index (χ0v) is 16.7. The number of amidine groups is 1. The number of methoxy groups -OCH3 is 2. The summed E-state index contributed by atoms with van der Waals surface area (Å²) in [6, 6.07) is 8.94. The Morgan fingerprint density at radius 3 is 2.78 bits per heavy atom. The maximum Gasteiger partial charge on any atom is 0.266 e. The van der Waals surface area contributed by atoms with Gasteiger partial charge in [0.15, 0.2) is 10.3 Å². The summed E-state index contributed by atoms with van der Waals surface area (Å²) >= 11 is 7.38. The van der Waals surface area contributed by atoms with Gasteiger partial charge in [-0.15, -0.1) is 0 Å². The predicted molar refractivity (Wildman–Crippen MR) is 109 cm³/mol. The van der Waals surface area contributed by atoms with Crippen LogP contribution in [-0.2, 0) is 4.79 Å². The summed E-state index contributed by atoms with van der Waals surface area (Å²) in [6.07, 6.45) is 3.38. The Morgan fingerprint density at radius 1 is 1.30 bits per heavy atom. The van der Waals surface area contributed by atoms with Crippen LogP contribution in [0.15, 0.2) is 46.4 Å². The molecule has 1 aromatic heterocycles. The van der Waals surface area contributed by atoms with Crippen molar-refractivity contribution in [2.45, 2.75) is 6.92 Å². The molecule has 1 amide bonds. The number of carbonyl (C=O) groups excluding carboxylic acids is 1. The van der Waals surface area contributed by atoms with E-state index in [1.54, 1.807) is 55.7 Å². The van der Waals surface area contributed by atoms with Gasteiger partial charge in [0.2, 0.25) is 0 Å². The first kappa shape index (κ1) is 19.3. The Labute approximate surface area is 166 Å². The third-order valence-electron chi connectivity index (χ3n) is 3.88. The molecular formula is C19H18ClN3O3S. The van der Waals surface area contributed by atoms with Crippen molar-refractivity contribution in [2.75, 3.05) is 20.8 Å². The van der Waals surface area contributed by atoms with Gasteiger partial charge in [-0.05, 0) is 55.1 Å². The number of hydrogen-bond acceptors (Lipinski definition) is 6. The van der Waals surface area contributed by atoms with Crippen molar-refractivity contribution in [3.8, 4) is 11.5 Å². The average molecular weight is 404 g/mol. The minimum atomic E-state index is -0.119. The first-order chi connectivity index (χ1) is 13.1. The zero-order chi connectivity index (χ0) is 19.4. The van der Waals surface area contributed by atoms with Crippen molar-refractivity contribution in [3.05, 3.63) is 52.2 Å². The molecule has 0 atom stereocenters. The predicted octanol–water partition coefficient (Wildman–Crippen LogP) is 4.38. The van der Waals surface area contributed by atoms with Crippen molar-refractivity contribution in [3.63, 3.8) is 0 Å². The highest BCUT2D eigenvalue weighted by molar-refractivity contribution is 8.18. The molecule has 0 unspecified atom stereocenters. The van der Waals surface area contributed by atoms with Gasteiger partial charge in [0.25, 0.3) is 5.91 Å². The van der Waals surface area contributed by atoms with Gasteiger partial charge in [-0.2, -0.15) is 0 Å². The van der Waals surface area contributed by atoms with Gasteiger partial charge in [0, 0.05) is 18.3 Å². The molecule has 0 radical (unpaired) electrons. The van der Waals surface area contributed by atoms with E-state index in [2.05, 4.69) is 9.98 Å². The lowest BCUT2D eigenvalue weighted by Gasteiger charge is -2.12. The molecule has 0 bridgehead atoms. The van der Waals surface area contributed by atoms with Crippen LogP contribution in [0.4, 0.5) is 5.69 Å². The Morgan fingerprint density at radius 2 is 2.11 bits per heavy atom. The number of carbonyl (C=O) groups is 1. The van der Waals surface area contributed by atoms with Gasteiger partial charge in [-0.1, -0.05) is 11.6 Å². The SMILES string of the molecule is CCN1C(=O)/C(=C/c2cc(OC)ccc2OC)SC1=Nc1cccnc1Cl. The Hall–Kier alpha value is -2.51. The molecule has 1 fully saturated rings. The summed E-state index contributed by atoms with van der Waals surface area (Å²) in [7, 11) is 3.18. The van der Waals surface area contributed by atoms with Gasteiger partial charge in [-0.3, -0.25) is 9.69 Å². The van der Waals surface area contributed by atoms with Gasteiger partial charge in [0.05, 0.1) is 19.1 Å². The van der Waals surface area contributed by atoms with Crippen LogP contribution >= 0.6 is 23.4 Å². The topological polar surface area (TPSA) is 64.0 Å². The molecule has 0 saturated carbocycles. The summed E-state index contributed by atoms with van der Waals surface area (Å²) in [5, 5.41) is 0.853. The summed E-state index contributed by atoms with van der Waals surface area (Å²) in [4.78, 5) is 23.5. The number of amides is 1. The molecule has 2 heterocycles. The lowest BCUT2D eigenvalue weighted by molar-refractivity contribution is -0.122. The Balaban J connectivity index is 2.00. The van der Waals surface area contributed by atoms with Crippen LogP contribution in [0.2, 0.25) is 5.15 Å². The molecule has 1 aromatic carbocycles. The minimum Gasteiger partial charge on any atom is -0.497 e. The molecule has 27 heavy (non-hydrogen) atoms. The average Bonchev–Trinajstić information content (AvgIpc) is 2.97. The molecule has 0 N–H and O–H groups in total. The lowest BCUT2D eigenvalue weighted by Crippen LogP contribution is -2.28. The smallest absolute Gasteiger partial charge is 0.266 e. The second kappa shape index (κ2) is 8.45. The minimum absolute atomic E-state index is 0.119. The first-order valence-electron chi connectivity index (χ1n) is 8.20. The largest absolute Gasteiger partial charge is 0.497 e. The van der Waals surface area contributed by atoms with Crippen LogP contribution < -0.4 is 9.47 Å². The number of likely N-dealkylation sites (N-methyl/N-ethyl adjacent to an activating group) is 1. The second-order valence-electron chi connectivity index (χ2n) is 5.48. The molecule has 2 aromatic rings. The molecule has 1 saturated heterocycles. The monoisotopic (exact) mass is 403 g/mol. The van der Waals surface area contributed by atoms with Gasteiger partial charge >= 0.3 is 0 Å². The normalized spacial score (nSPS) is 17.0. The van der Waals surface area contributed by atoms with E-state index in [1.807, 2.05) is 13.0 Å². The maximum atomic E-state index is 12.8. The number of aromatic nitrogens is 1. The fourth-order valence-electron chi connectivity index (χ4n) is 2.53. The van der Waals surface area contributed by atoms with E-state index in [9.17, 15) is 4.79 Å². The van der Waals surface area contributed by atoms with Crippen LogP contribution in [0.25, 0.3) is 6.08 Å². The fourth-order valence-corrected chi connectivity index (χ4v) is 3.74. The number of nitrogens with zero attached hydrogens (tertiary/aromatic N) is 3. The molecule has 1 aliphatic rings. The Bertz CT molecular complexity index is 930. The first-order valence-corrected chi connectivity index (χ1v) is 9.39. The molecular weight excluding hydrogens is 386 g/mol. The van der Waals surface area contributed by atoms with E-state index in [4.69, 9.17) is 21.1 Å². The van der Waals surface area contributed by atoms with Crippen LogP contribution in [0.3, 0.4) is 0 Å². The molecule has 140 valence electrons. The van der Waals surface area contributed by atoms with Crippen LogP contribution in [0.1, 0.15) is 12.5 Å². The molecule has 1 aliphatic heterocycles. The van der Waals surface area contributed by atoms with E-state index in [1.165, 1.54) is 11.8 Å². The van der Waals surface area contributed by atoms with Crippen molar-refractivity contribution in [2.24, 2.45) is 4.99 Å². The number of aliphatic imine (C=N–C) groups is 1. The number of pyridine rings is 1. The highest BCUT2D eigenvalue weighted by Gasteiger charge is 2.32. The lowest BCUT2D eigenvalue weighted by atomic mass is 10.1. The molecule has 6 nitrogen and oxygen atoms in total. The van der Waals surface area contributed by atoms with E-state index >= 15 is 0 Å². The summed E-state index contributed by atoms with van der Waals surface area (Å²) in [5.41, 5.74) is 1.28. The number of benzene rings is 1. The highest BCUT2D eigenvalue weighted by Crippen LogP contribution is 2.37. The zero-order valence-electron chi connectivity index (χ0n) is 15.1. The van der Waals surface area contributed by atoms with E-state index < -0.39 is 0 Å². The van der Waals surface area contributed by atoms with E-state index in [0.717, 1.165) is 5.56 Å². The summed E-state index contributed by atoms with van der Waals surface area (Å²) < 4.78 is 10.7. The summed E-state index contributed by atoms with van der Waals surface area (Å²) in [6.45, 7) is 2.39. The quantitative estimate of drug-likeness (QED) is 0.547. The van der Waals surface area contributed by atoms with Crippen LogP contribution in [0, 0.1) is 0 Å². The van der Waals surface area contributed by atoms with Gasteiger partial charge in [-0.25, -0.2) is 9.98 Å². The Kier molecular flexibility index (Phi) is 6.03.